The molecule has 0 unspecified atom stereocenters. The minimum Gasteiger partial charge on any atom is -0.369 e. The molecule has 1 fully saturated rings. The molecule has 6 nitrogen and oxygen atoms in total. The van der Waals surface area contributed by atoms with Crippen molar-refractivity contribution in [1.82, 2.24) is 4.90 Å². The third-order valence-electron chi connectivity index (χ3n) is 5.23. The molecule has 7 heteroatoms. The number of carbonyl (C=O) groups excluding carboxylic acids is 2. The summed E-state index contributed by atoms with van der Waals surface area (Å²) in [5, 5.41) is 5.46. The molecule has 0 radical (unpaired) electrons. The molecular weight excluding hydrogens is 371 g/mol. The van der Waals surface area contributed by atoms with Gasteiger partial charge in [0.15, 0.2) is 0 Å². The number of rotatable bonds is 5. The zero-order valence-electron chi connectivity index (χ0n) is 17.0. The number of benzene rings is 2. The predicted molar refractivity (Wildman–Crippen MR) is 114 cm³/mol. The average Bonchev–Trinajstić information content (AvgIpc) is 2.71. The zero-order valence-corrected chi connectivity index (χ0v) is 17.0. The molecule has 1 aliphatic heterocycles. The van der Waals surface area contributed by atoms with Crippen LogP contribution in [0.1, 0.15) is 13.8 Å². The van der Waals surface area contributed by atoms with E-state index in [1.165, 1.54) is 24.3 Å². The molecule has 1 saturated heterocycles. The maximum Gasteiger partial charge on any atom is 0.239 e. The van der Waals surface area contributed by atoms with E-state index in [1.807, 2.05) is 24.3 Å². The normalized spacial score (nSPS) is 15.1. The first kappa shape index (κ1) is 20.8. The number of hydrogen-bond donors (Lipinski definition) is 2. The topological polar surface area (TPSA) is 64.7 Å². The standard InChI is InChI=1S/C22H27FN4O2/c1-22(2,20(28)24-17-6-4-16(23)5-7-17)21(29)25-18-8-10-19(11-9-18)27-14-12-26(3)13-15-27/h4-11H,12-15H2,1-3H3,(H,24,28)(H,25,29). The largest absolute Gasteiger partial charge is 0.369 e. The van der Waals surface area contributed by atoms with Crippen molar-refractivity contribution >= 4 is 28.9 Å². The van der Waals surface area contributed by atoms with E-state index < -0.39 is 17.2 Å². The summed E-state index contributed by atoms with van der Waals surface area (Å²) >= 11 is 0. The highest BCUT2D eigenvalue weighted by Gasteiger charge is 2.36. The monoisotopic (exact) mass is 398 g/mol. The van der Waals surface area contributed by atoms with Crippen molar-refractivity contribution in [1.29, 1.82) is 0 Å². The highest BCUT2D eigenvalue weighted by molar-refractivity contribution is 6.14. The van der Waals surface area contributed by atoms with Gasteiger partial charge in [-0.1, -0.05) is 0 Å². The molecule has 1 heterocycles. The highest BCUT2D eigenvalue weighted by atomic mass is 19.1. The van der Waals surface area contributed by atoms with Crippen molar-refractivity contribution in [3.63, 3.8) is 0 Å². The van der Waals surface area contributed by atoms with Crippen LogP contribution in [-0.4, -0.2) is 49.9 Å². The van der Waals surface area contributed by atoms with Gasteiger partial charge in [0.25, 0.3) is 0 Å². The van der Waals surface area contributed by atoms with Crippen molar-refractivity contribution in [3.8, 4) is 0 Å². The number of amides is 2. The Kier molecular flexibility index (Phi) is 6.17. The number of nitrogens with zero attached hydrogens (tertiary/aromatic N) is 2. The first-order valence-electron chi connectivity index (χ1n) is 9.68. The van der Waals surface area contributed by atoms with Gasteiger partial charge in [0.2, 0.25) is 11.8 Å². The number of nitrogens with one attached hydrogen (secondary N) is 2. The summed E-state index contributed by atoms with van der Waals surface area (Å²) in [7, 11) is 2.12. The van der Waals surface area contributed by atoms with E-state index in [0.717, 1.165) is 31.9 Å². The Labute approximate surface area is 170 Å². The predicted octanol–water partition coefficient (Wildman–Crippen LogP) is 3.18. The van der Waals surface area contributed by atoms with E-state index in [0.29, 0.717) is 11.4 Å². The van der Waals surface area contributed by atoms with Gasteiger partial charge in [0, 0.05) is 43.2 Å². The summed E-state index contributed by atoms with van der Waals surface area (Å²) in [6, 6.07) is 13.1. The first-order valence-corrected chi connectivity index (χ1v) is 9.68. The molecule has 154 valence electrons. The first-order chi connectivity index (χ1) is 13.8. The lowest BCUT2D eigenvalue weighted by atomic mass is 9.90. The quantitative estimate of drug-likeness (QED) is 0.760. The molecule has 0 spiro atoms. The van der Waals surface area contributed by atoms with Crippen LogP contribution in [0, 0.1) is 11.2 Å². The minimum atomic E-state index is -1.30. The van der Waals surface area contributed by atoms with Crippen molar-refractivity contribution < 1.29 is 14.0 Å². The van der Waals surface area contributed by atoms with Crippen LogP contribution in [0.15, 0.2) is 48.5 Å². The summed E-state index contributed by atoms with van der Waals surface area (Å²) in [5.74, 6) is -1.26. The van der Waals surface area contributed by atoms with Gasteiger partial charge >= 0.3 is 0 Å². The average molecular weight is 398 g/mol. The van der Waals surface area contributed by atoms with Gasteiger partial charge < -0.3 is 20.4 Å². The van der Waals surface area contributed by atoms with Gasteiger partial charge in [-0.15, -0.1) is 0 Å². The van der Waals surface area contributed by atoms with Crippen LogP contribution < -0.4 is 15.5 Å². The highest BCUT2D eigenvalue weighted by Crippen LogP contribution is 2.24. The van der Waals surface area contributed by atoms with Crippen LogP contribution in [0.2, 0.25) is 0 Å². The molecule has 2 aromatic carbocycles. The molecule has 1 aliphatic rings. The van der Waals surface area contributed by atoms with Crippen LogP contribution in [0.3, 0.4) is 0 Å². The Hall–Kier alpha value is -2.93. The fraction of sp³-hybridized carbons (Fsp3) is 0.364. The Morgan fingerprint density at radius 2 is 1.28 bits per heavy atom. The Morgan fingerprint density at radius 1 is 0.828 bits per heavy atom. The Bertz CT molecular complexity index is 857. The van der Waals surface area contributed by atoms with Gasteiger partial charge in [0.05, 0.1) is 0 Å². The second kappa shape index (κ2) is 8.61. The second-order valence-corrected chi connectivity index (χ2v) is 7.88. The van der Waals surface area contributed by atoms with Gasteiger partial charge in [-0.25, -0.2) is 4.39 Å². The third kappa shape index (κ3) is 5.12. The van der Waals surface area contributed by atoms with E-state index in [2.05, 4.69) is 27.5 Å². The summed E-state index contributed by atoms with van der Waals surface area (Å²) in [6.45, 7) is 7.10. The van der Waals surface area contributed by atoms with Crippen LogP contribution in [-0.2, 0) is 9.59 Å². The molecule has 0 saturated carbocycles. The molecule has 3 rings (SSSR count). The van der Waals surface area contributed by atoms with Gasteiger partial charge in [-0.05, 0) is 69.4 Å². The van der Waals surface area contributed by atoms with Crippen molar-refractivity contribution in [2.24, 2.45) is 5.41 Å². The Balaban J connectivity index is 1.60. The molecular formula is C22H27FN4O2. The number of halogens is 1. The van der Waals surface area contributed by atoms with Crippen molar-refractivity contribution in [3.05, 3.63) is 54.3 Å². The van der Waals surface area contributed by atoms with E-state index in [1.54, 1.807) is 13.8 Å². The van der Waals surface area contributed by atoms with Crippen LogP contribution in [0.25, 0.3) is 0 Å². The van der Waals surface area contributed by atoms with Gasteiger partial charge in [-0.2, -0.15) is 0 Å². The number of likely N-dealkylation sites (N-methyl/N-ethyl adjacent to an activating group) is 1. The molecule has 2 amide bonds. The van der Waals surface area contributed by atoms with E-state index in [-0.39, 0.29) is 5.82 Å². The maximum atomic E-state index is 13.0. The SMILES string of the molecule is CN1CCN(c2ccc(NC(=O)C(C)(C)C(=O)Nc3ccc(F)cc3)cc2)CC1. The fourth-order valence-corrected chi connectivity index (χ4v) is 3.03. The van der Waals surface area contributed by atoms with Crippen LogP contribution in [0.5, 0.6) is 0 Å². The lowest BCUT2D eigenvalue weighted by Crippen LogP contribution is -2.44. The smallest absolute Gasteiger partial charge is 0.239 e. The summed E-state index contributed by atoms with van der Waals surface area (Å²) in [5.41, 5.74) is 0.888. The molecule has 0 atom stereocenters. The number of hydrogen-bond acceptors (Lipinski definition) is 4. The fourth-order valence-electron chi connectivity index (χ4n) is 3.03. The minimum absolute atomic E-state index is 0.389. The molecule has 2 N–H and O–H groups in total. The summed E-state index contributed by atoms with van der Waals surface area (Å²) < 4.78 is 13.0. The number of anilines is 3. The second-order valence-electron chi connectivity index (χ2n) is 7.88. The number of carbonyl (C=O) groups is 2. The lowest BCUT2D eigenvalue weighted by Gasteiger charge is -2.34. The van der Waals surface area contributed by atoms with Gasteiger partial charge in [0.1, 0.15) is 11.2 Å². The van der Waals surface area contributed by atoms with E-state index in [4.69, 9.17) is 0 Å². The Morgan fingerprint density at radius 3 is 1.76 bits per heavy atom. The molecule has 29 heavy (non-hydrogen) atoms. The van der Waals surface area contributed by atoms with Crippen LogP contribution >= 0.6 is 0 Å². The van der Waals surface area contributed by atoms with E-state index >= 15 is 0 Å². The van der Waals surface area contributed by atoms with Crippen LogP contribution in [0.4, 0.5) is 21.5 Å². The summed E-state index contributed by atoms with van der Waals surface area (Å²) in [6.07, 6.45) is 0. The lowest BCUT2D eigenvalue weighted by molar-refractivity contribution is -0.135. The summed E-state index contributed by atoms with van der Waals surface area (Å²) in [4.78, 5) is 29.9. The molecule has 2 aromatic rings. The van der Waals surface area contributed by atoms with E-state index in [9.17, 15) is 14.0 Å². The maximum absolute atomic E-state index is 13.0. The molecule has 0 bridgehead atoms. The number of piperazine rings is 1. The zero-order chi connectivity index (χ0) is 21.0. The van der Waals surface area contributed by atoms with Crippen molar-refractivity contribution in [2.75, 3.05) is 48.8 Å². The van der Waals surface area contributed by atoms with Gasteiger partial charge in [-0.3, -0.25) is 9.59 Å². The third-order valence-corrected chi connectivity index (χ3v) is 5.23. The van der Waals surface area contributed by atoms with Crippen molar-refractivity contribution in [2.45, 2.75) is 13.8 Å². The molecule has 0 aromatic heterocycles. The molecule has 0 aliphatic carbocycles.